The maximum atomic E-state index is 8.59. The maximum absolute atomic E-state index is 8.59. The van der Waals surface area contributed by atoms with E-state index in [4.69, 9.17) is 5.26 Å². The first-order valence-corrected chi connectivity index (χ1v) is 6.21. The van der Waals surface area contributed by atoms with E-state index in [1.807, 2.05) is 13.1 Å². The zero-order chi connectivity index (χ0) is 13.6. The van der Waals surface area contributed by atoms with Gasteiger partial charge in [-0.3, -0.25) is 5.32 Å². The summed E-state index contributed by atoms with van der Waals surface area (Å²) in [7, 11) is 0. The van der Waals surface area contributed by atoms with Crippen LogP contribution in [0.1, 0.15) is 39.4 Å². The summed E-state index contributed by atoms with van der Waals surface area (Å²) >= 11 is 0. The van der Waals surface area contributed by atoms with Crippen molar-refractivity contribution in [3.8, 4) is 6.19 Å². The summed E-state index contributed by atoms with van der Waals surface area (Å²) in [4.78, 5) is 8.43. The molecule has 5 heteroatoms. The molecule has 1 aromatic heterocycles. The van der Waals surface area contributed by atoms with Gasteiger partial charge in [0.1, 0.15) is 17.5 Å². The highest BCUT2D eigenvalue weighted by Gasteiger charge is 2.16. The Morgan fingerprint density at radius 1 is 1.33 bits per heavy atom. The van der Waals surface area contributed by atoms with E-state index in [-0.39, 0.29) is 5.41 Å². The van der Waals surface area contributed by atoms with Crippen LogP contribution in [0, 0.1) is 23.8 Å². The van der Waals surface area contributed by atoms with Gasteiger partial charge in [0.15, 0.2) is 6.19 Å². The van der Waals surface area contributed by atoms with Gasteiger partial charge >= 0.3 is 0 Å². The van der Waals surface area contributed by atoms with Crippen LogP contribution < -0.4 is 10.6 Å². The van der Waals surface area contributed by atoms with Crippen molar-refractivity contribution in [2.75, 3.05) is 17.2 Å². The Hall–Kier alpha value is -1.83. The summed E-state index contributed by atoms with van der Waals surface area (Å²) in [5, 5.41) is 14.4. The minimum Gasteiger partial charge on any atom is -0.369 e. The Morgan fingerprint density at radius 2 is 2.00 bits per heavy atom. The maximum Gasteiger partial charge on any atom is 0.182 e. The molecule has 18 heavy (non-hydrogen) atoms. The van der Waals surface area contributed by atoms with Crippen LogP contribution in [0.4, 0.5) is 11.6 Å². The molecule has 0 radical (unpaired) electrons. The molecule has 0 saturated heterocycles. The molecule has 98 valence electrons. The number of aryl methyl sites for hydroxylation is 1. The topological polar surface area (TPSA) is 73.6 Å². The second kappa shape index (κ2) is 6.20. The molecule has 0 spiro atoms. The third-order valence-corrected chi connectivity index (χ3v) is 2.70. The summed E-state index contributed by atoms with van der Waals surface area (Å²) in [5.74, 6) is 1.93. The van der Waals surface area contributed by atoms with Gasteiger partial charge in [-0.15, -0.1) is 0 Å². The highest BCUT2D eigenvalue weighted by molar-refractivity contribution is 5.49. The molecule has 0 unspecified atom stereocenters. The predicted octanol–water partition coefficient (Wildman–Crippen LogP) is 2.92. The number of aromatic nitrogens is 2. The monoisotopic (exact) mass is 247 g/mol. The van der Waals surface area contributed by atoms with Crippen molar-refractivity contribution < 1.29 is 0 Å². The quantitative estimate of drug-likeness (QED) is 0.597. The van der Waals surface area contributed by atoms with Crippen LogP contribution in [0.2, 0.25) is 0 Å². The number of nitrogens with zero attached hydrogens (tertiary/aromatic N) is 3. The molecule has 1 aromatic rings. The van der Waals surface area contributed by atoms with Crippen molar-refractivity contribution in [1.29, 1.82) is 5.26 Å². The molecule has 0 aliphatic heterocycles. The lowest BCUT2D eigenvalue weighted by molar-refractivity contribution is 0.354. The van der Waals surface area contributed by atoms with E-state index in [0.29, 0.717) is 11.6 Å². The SMILES string of the molecule is CCCC(C)(C)CNc1cc(NC#N)nc(C)n1. The van der Waals surface area contributed by atoms with Crippen LogP contribution in [0.15, 0.2) is 6.07 Å². The van der Waals surface area contributed by atoms with Crippen molar-refractivity contribution in [2.24, 2.45) is 5.41 Å². The van der Waals surface area contributed by atoms with E-state index in [1.165, 1.54) is 6.42 Å². The second-order valence-electron chi connectivity index (χ2n) is 5.19. The first-order chi connectivity index (χ1) is 8.46. The normalized spacial score (nSPS) is 10.8. The van der Waals surface area contributed by atoms with Crippen LogP contribution in [0.5, 0.6) is 0 Å². The highest BCUT2D eigenvalue weighted by atomic mass is 15.1. The van der Waals surface area contributed by atoms with E-state index in [9.17, 15) is 0 Å². The summed E-state index contributed by atoms with van der Waals surface area (Å²) in [6.45, 7) is 9.30. The predicted molar refractivity (Wildman–Crippen MR) is 73.2 cm³/mol. The van der Waals surface area contributed by atoms with E-state index >= 15 is 0 Å². The molecule has 0 aromatic carbocycles. The number of rotatable bonds is 6. The van der Waals surface area contributed by atoms with Crippen molar-refractivity contribution in [3.63, 3.8) is 0 Å². The van der Waals surface area contributed by atoms with E-state index in [1.54, 1.807) is 6.07 Å². The van der Waals surface area contributed by atoms with Crippen molar-refractivity contribution in [3.05, 3.63) is 11.9 Å². The van der Waals surface area contributed by atoms with Crippen LogP contribution >= 0.6 is 0 Å². The van der Waals surface area contributed by atoms with Gasteiger partial charge in [-0.25, -0.2) is 9.97 Å². The lowest BCUT2D eigenvalue weighted by Crippen LogP contribution is -2.23. The number of nitriles is 1. The van der Waals surface area contributed by atoms with Gasteiger partial charge < -0.3 is 5.32 Å². The van der Waals surface area contributed by atoms with Crippen molar-refractivity contribution >= 4 is 11.6 Å². The van der Waals surface area contributed by atoms with Crippen LogP contribution in [0.25, 0.3) is 0 Å². The number of nitrogens with one attached hydrogen (secondary N) is 2. The number of hydrogen-bond donors (Lipinski definition) is 2. The minimum absolute atomic E-state index is 0.233. The molecule has 0 saturated carbocycles. The van der Waals surface area contributed by atoms with Gasteiger partial charge in [0.2, 0.25) is 0 Å². The summed E-state index contributed by atoms with van der Waals surface area (Å²) in [6.07, 6.45) is 4.19. The van der Waals surface area contributed by atoms with Gasteiger partial charge in [-0.2, -0.15) is 5.26 Å². The van der Waals surface area contributed by atoms with Gasteiger partial charge in [0.05, 0.1) is 0 Å². The average Bonchev–Trinajstić information content (AvgIpc) is 2.26. The van der Waals surface area contributed by atoms with E-state index < -0.39 is 0 Å². The van der Waals surface area contributed by atoms with Crippen molar-refractivity contribution in [1.82, 2.24) is 9.97 Å². The second-order valence-corrected chi connectivity index (χ2v) is 5.19. The van der Waals surface area contributed by atoms with Gasteiger partial charge in [-0.05, 0) is 18.8 Å². The fourth-order valence-electron chi connectivity index (χ4n) is 1.87. The summed E-state index contributed by atoms with van der Waals surface area (Å²) in [5.41, 5.74) is 0.233. The lowest BCUT2D eigenvalue weighted by Gasteiger charge is -2.24. The van der Waals surface area contributed by atoms with E-state index in [0.717, 1.165) is 18.8 Å². The van der Waals surface area contributed by atoms with E-state index in [2.05, 4.69) is 41.4 Å². The van der Waals surface area contributed by atoms with Gasteiger partial charge in [0, 0.05) is 12.6 Å². The average molecular weight is 247 g/mol. The molecule has 0 amide bonds. The molecule has 0 fully saturated rings. The molecule has 2 N–H and O–H groups in total. The van der Waals surface area contributed by atoms with Gasteiger partial charge in [-0.1, -0.05) is 27.2 Å². The molecular formula is C13H21N5. The van der Waals surface area contributed by atoms with Crippen LogP contribution in [-0.2, 0) is 0 Å². The number of anilines is 2. The Morgan fingerprint density at radius 3 is 2.61 bits per heavy atom. The van der Waals surface area contributed by atoms with Crippen LogP contribution in [0.3, 0.4) is 0 Å². The third-order valence-electron chi connectivity index (χ3n) is 2.70. The molecule has 1 rings (SSSR count). The summed E-state index contributed by atoms with van der Waals surface area (Å²) < 4.78 is 0. The minimum atomic E-state index is 0.233. The largest absolute Gasteiger partial charge is 0.369 e. The van der Waals surface area contributed by atoms with Crippen molar-refractivity contribution in [2.45, 2.75) is 40.5 Å². The first kappa shape index (κ1) is 14.2. The molecule has 0 atom stereocenters. The Labute approximate surface area is 109 Å². The number of hydrogen-bond acceptors (Lipinski definition) is 5. The summed E-state index contributed by atoms with van der Waals surface area (Å²) in [6, 6.07) is 1.75. The molecular weight excluding hydrogens is 226 g/mol. The first-order valence-electron chi connectivity index (χ1n) is 6.21. The molecule has 0 bridgehead atoms. The Kier molecular flexibility index (Phi) is 4.90. The lowest BCUT2D eigenvalue weighted by atomic mass is 9.88. The molecule has 0 aliphatic rings. The molecule has 1 heterocycles. The third kappa shape index (κ3) is 4.58. The zero-order valence-electron chi connectivity index (χ0n) is 11.5. The molecule has 0 aliphatic carbocycles. The fraction of sp³-hybridized carbons (Fsp3) is 0.615. The van der Waals surface area contributed by atoms with Crippen LogP contribution in [-0.4, -0.2) is 16.5 Å². The Bertz CT molecular complexity index is 433. The smallest absolute Gasteiger partial charge is 0.182 e. The fourth-order valence-corrected chi connectivity index (χ4v) is 1.87. The molecule has 5 nitrogen and oxygen atoms in total. The highest BCUT2D eigenvalue weighted by Crippen LogP contribution is 2.22. The van der Waals surface area contributed by atoms with Gasteiger partial charge in [0.25, 0.3) is 0 Å². The zero-order valence-corrected chi connectivity index (χ0v) is 11.5. The standard InChI is InChI=1S/C13H21N5/c1-5-6-13(3,4)8-15-11-7-12(16-9-14)18-10(2)17-11/h7H,5-6,8H2,1-4H3,(H2,15,16,17,18). The Balaban J connectivity index is 2.70.